The third kappa shape index (κ3) is 3.35. The molecule has 2 aliphatic heterocycles. The summed E-state index contributed by atoms with van der Waals surface area (Å²) in [5, 5.41) is 0. The van der Waals surface area contributed by atoms with Gasteiger partial charge in [-0.1, -0.05) is 0 Å². The molecule has 0 aromatic rings. The lowest BCUT2D eigenvalue weighted by atomic mass is 9.70. The molecule has 3 rings (SSSR count). The Labute approximate surface area is 122 Å². The zero-order valence-electron chi connectivity index (χ0n) is 12.6. The zero-order chi connectivity index (χ0) is 13.8. The van der Waals surface area contributed by atoms with Crippen LogP contribution < -0.4 is 11.3 Å². The maximum atomic E-state index is 6.03. The van der Waals surface area contributed by atoms with Gasteiger partial charge in [-0.3, -0.25) is 11.3 Å². The first-order valence-corrected chi connectivity index (χ1v) is 8.53. The number of hydrazine groups is 1. The lowest BCUT2D eigenvalue weighted by Gasteiger charge is -2.48. The fourth-order valence-corrected chi connectivity index (χ4v) is 4.18. The van der Waals surface area contributed by atoms with Crippen LogP contribution >= 0.6 is 0 Å². The van der Waals surface area contributed by atoms with Crippen molar-refractivity contribution in [3.63, 3.8) is 0 Å². The topological polar surface area (TPSA) is 56.5 Å². The summed E-state index contributed by atoms with van der Waals surface area (Å²) >= 11 is 0. The Bertz CT molecular complexity index is 301. The molecule has 1 spiro atoms. The van der Waals surface area contributed by atoms with Crippen molar-refractivity contribution >= 4 is 0 Å². The molecule has 2 saturated heterocycles. The van der Waals surface area contributed by atoms with Gasteiger partial charge in [0.25, 0.3) is 0 Å². The van der Waals surface area contributed by atoms with Gasteiger partial charge in [0.1, 0.15) is 0 Å². The second-order valence-electron chi connectivity index (χ2n) is 6.98. The Morgan fingerprint density at radius 2 is 2.05 bits per heavy atom. The van der Waals surface area contributed by atoms with E-state index in [1.54, 1.807) is 0 Å². The first kappa shape index (κ1) is 14.8. The zero-order valence-corrected chi connectivity index (χ0v) is 12.6. The van der Waals surface area contributed by atoms with E-state index in [-0.39, 0.29) is 5.60 Å². The predicted octanol–water partition coefficient (Wildman–Crippen LogP) is 2.52. The molecule has 3 atom stereocenters. The third-order valence-electron chi connectivity index (χ3n) is 5.65. The molecule has 0 bridgehead atoms. The van der Waals surface area contributed by atoms with Crippen LogP contribution in [0.4, 0.5) is 0 Å². The first-order chi connectivity index (χ1) is 9.81. The third-order valence-corrected chi connectivity index (χ3v) is 5.65. The van der Waals surface area contributed by atoms with E-state index in [2.05, 4.69) is 5.43 Å². The van der Waals surface area contributed by atoms with Gasteiger partial charge in [-0.25, -0.2) is 0 Å². The van der Waals surface area contributed by atoms with Crippen LogP contribution in [0.1, 0.15) is 64.2 Å². The molecule has 3 fully saturated rings. The van der Waals surface area contributed by atoms with E-state index in [9.17, 15) is 0 Å². The minimum Gasteiger partial charge on any atom is -0.378 e. The minimum atomic E-state index is 0.222. The average Bonchev–Trinajstić information content (AvgIpc) is 2.48. The van der Waals surface area contributed by atoms with E-state index in [0.29, 0.717) is 18.1 Å². The summed E-state index contributed by atoms with van der Waals surface area (Å²) < 4.78 is 11.9. The maximum Gasteiger partial charge on any atom is 0.0685 e. The summed E-state index contributed by atoms with van der Waals surface area (Å²) in [5.41, 5.74) is 3.31. The number of nitrogens with two attached hydrogens (primary N) is 1. The molecule has 0 aromatic heterocycles. The molecule has 116 valence electrons. The number of hydrogen-bond acceptors (Lipinski definition) is 4. The predicted molar refractivity (Wildman–Crippen MR) is 79.2 cm³/mol. The summed E-state index contributed by atoms with van der Waals surface area (Å²) in [7, 11) is 0. The van der Waals surface area contributed by atoms with Crippen molar-refractivity contribution in [2.75, 3.05) is 13.2 Å². The number of hydrogen-bond donors (Lipinski definition) is 2. The summed E-state index contributed by atoms with van der Waals surface area (Å²) in [4.78, 5) is 0. The molecule has 3 unspecified atom stereocenters. The molecule has 1 saturated carbocycles. The Balaban J connectivity index is 1.47. The smallest absolute Gasteiger partial charge is 0.0685 e. The summed E-state index contributed by atoms with van der Waals surface area (Å²) in [6.07, 6.45) is 12.8. The van der Waals surface area contributed by atoms with Crippen LogP contribution in [0.15, 0.2) is 0 Å². The van der Waals surface area contributed by atoms with Crippen LogP contribution in [-0.4, -0.2) is 31.0 Å². The maximum absolute atomic E-state index is 6.03. The molecule has 3 N–H and O–H groups in total. The number of ether oxygens (including phenoxy) is 2. The Morgan fingerprint density at radius 3 is 2.70 bits per heavy atom. The highest BCUT2D eigenvalue weighted by molar-refractivity contribution is 4.96. The normalized spacial score (nSPS) is 34.6. The van der Waals surface area contributed by atoms with Crippen molar-refractivity contribution in [1.82, 2.24) is 5.43 Å². The van der Waals surface area contributed by atoms with Crippen molar-refractivity contribution in [2.45, 2.75) is 82.0 Å². The standard InChI is InChI=1S/C16H30N2O2/c17-18-15(6-5-14-4-1-2-10-19-14)13-7-11-20-16(12-13)8-3-9-16/h13-15,18H,1-12,17H2. The minimum absolute atomic E-state index is 0.222. The van der Waals surface area contributed by atoms with Crippen LogP contribution in [0.2, 0.25) is 0 Å². The molecule has 0 radical (unpaired) electrons. The van der Waals surface area contributed by atoms with Crippen LogP contribution in [0, 0.1) is 5.92 Å². The highest BCUT2D eigenvalue weighted by atomic mass is 16.5. The Hall–Kier alpha value is -0.160. The molecule has 0 amide bonds. The molecule has 0 aromatic carbocycles. The van der Waals surface area contributed by atoms with Gasteiger partial charge in [0.2, 0.25) is 0 Å². The van der Waals surface area contributed by atoms with E-state index in [1.165, 1.54) is 44.9 Å². The van der Waals surface area contributed by atoms with E-state index in [1.807, 2.05) is 0 Å². The SMILES string of the molecule is NNC(CCC1CCCCO1)C1CCOC2(CCC2)C1. The van der Waals surface area contributed by atoms with Gasteiger partial charge in [-0.2, -0.15) is 0 Å². The van der Waals surface area contributed by atoms with Gasteiger partial charge < -0.3 is 9.47 Å². The van der Waals surface area contributed by atoms with Gasteiger partial charge in [-0.05, 0) is 70.1 Å². The average molecular weight is 282 g/mol. The van der Waals surface area contributed by atoms with Gasteiger partial charge in [-0.15, -0.1) is 0 Å². The Kier molecular flexibility index (Phi) is 4.97. The molecular weight excluding hydrogens is 252 g/mol. The van der Waals surface area contributed by atoms with Gasteiger partial charge in [0.05, 0.1) is 11.7 Å². The molecule has 2 heterocycles. The fraction of sp³-hybridized carbons (Fsp3) is 1.00. The van der Waals surface area contributed by atoms with Gasteiger partial charge in [0.15, 0.2) is 0 Å². The van der Waals surface area contributed by atoms with E-state index >= 15 is 0 Å². The van der Waals surface area contributed by atoms with Crippen molar-refractivity contribution in [3.8, 4) is 0 Å². The lowest BCUT2D eigenvalue weighted by Crippen LogP contribution is -2.51. The van der Waals surface area contributed by atoms with Crippen LogP contribution in [0.3, 0.4) is 0 Å². The molecule has 4 nitrogen and oxygen atoms in total. The summed E-state index contributed by atoms with van der Waals surface area (Å²) in [6, 6.07) is 0.432. The van der Waals surface area contributed by atoms with Crippen molar-refractivity contribution in [1.29, 1.82) is 0 Å². The fourth-order valence-electron chi connectivity index (χ4n) is 4.18. The van der Waals surface area contributed by atoms with Crippen LogP contribution in [-0.2, 0) is 9.47 Å². The Morgan fingerprint density at radius 1 is 1.15 bits per heavy atom. The molecule has 1 aliphatic carbocycles. The number of rotatable bonds is 5. The van der Waals surface area contributed by atoms with Crippen molar-refractivity contribution < 1.29 is 9.47 Å². The molecule has 3 aliphatic rings. The highest BCUT2D eigenvalue weighted by Gasteiger charge is 2.44. The van der Waals surface area contributed by atoms with Crippen molar-refractivity contribution in [2.24, 2.45) is 11.8 Å². The molecule has 20 heavy (non-hydrogen) atoms. The largest absolute Gasteiger partial charge is 0.378 e. The first-order valence-electron chi connectivity index (χ1n) is 8.53. The monoisotopic (exact) mass is 282 g/mol. The summed E-state index contributed by atoms with van der Waals surface area (Å²) in [5.74, 6) is 6.51. The lowest BCUT2D eigenvalue weighted by molar-refractivity contribution is -0.147. The quantitative estimate of drug-likeness (QED) is 0.601. The molecule has 4 heteroatoms. The van der Waals surface area contributed by atoms with Crippen LogP contribution in [0.5, 0.6) is 0 Å². The second-order valence-corrected chi connectivity index (χ2v) is 6.98. The van der Waals surface area contributed by atoms with E-state index < -0.39 is 0 Å². The van der Waals surface area contributed by atoms with E-state index in [0.717, 1.165) is 32.5 Å². The van der Waals surface area contributed by atoms with Gasteiger partial charge >= 0.3 is 0 Å². The molecular formula is C16H30N2O2. The van der Waals surface area contributed by atoms with E-state index in [4.69, 9.17) is 15.3 Å². The highest BCUT2D eigenvalue weighted by Crippen LogP contribution is 2.45. The second kappa shape index (κ2) is 6.73. The summed E-state index contributed by atoms with van der Waals surface area (Å²) in [6.45, 7) is 1.87. The van der Waals surface area contributed by atoms with Crippen LogP contribution in [0.25, 0.3) is 0 Å². The number of nitrogens with one attached hydrogen (secondary N) is 1. The van der Waals surface area contributed by atoms with Gasteiger partial charge in [0, 0.05) is 19.3 Å². The van der Waals surface area contributed by atoms with Crippen molar-refractivity contribution in [3.05, 3.63) is 0 Å².